The van der Waals surface area contributed by atoms with Gasteiger partial charge in [0.15, 0.2) is 6.61 Å². The summed E-state index contributed by atoms with van der Waals surface area (Å²) in [6.45, 7) is -0.510. The van der Waals surface area contributed by atoms with Gasteiger partial charge in [-0.25, -0.2) is 13.2 Å². The maximum atomic E-state index is 13.0. The van der Waals surface area contributed by atoms with E-state index >= 15 is 0 Å². The van der Waals surface area contributed by atoms with Crippen LogP contribution in [0.25, 0.3) is 0 Å². The Hall–Kier alpha value is -2.78. The number of anilines is 1. The van der Waals surface area contributed by atoms with Gasteiger partial charge in [0.2, 0.25) is 0 Å². The number of methoxy groups -OCH3 is 1. The Kier molecular flexibility index (Phi) is 6.87. The number of benzene rings is 2. The van der Waals surface area contributed by atoms with E-state index in [2.05, 4.69) is 5.32 Å². The smallest absolute Gasteiger partial charge is 0.340 e. The minimum atomic E-state index is -4.03. The Balaban J connectivity index is 2.38. The summed E-state index contributed by atoms with van der Waals surface area (Å²) >= 11 is 6.00. The van der Waals surface area contributed by atoms with Crippen molar-refractivity contribution >= 4 is 39.2 Å². The van der Waals surface area contributed by atoms with Crippen molar-refractivity contribution in [1.29, 1.82) is 0 Å². The van der Waals surface area contributed by atoms with Crippen LogP contribution in [0.5, 0.6) is 5.75 Å². The molecule has 2 rings (SSSR count). The van der Waals surface area contributed by atoms with E-state index in [0.717, 1.165) is 10.4 Å². The summed E-state index contributed by atoms with van der Waals surface area (Å²) in [6.07, 6.45) is 0. The van der Waals surface area contributed by atoms with Crippen molar-refractivity contribution in [2.75, 3.05) is 32.1 Å². The summed E-state index contributed by atoms with van der Waals surface area (Å²) in [5.41, 5.74) is 0.156. The van der Waals surface area contributed by atoms with Gasteiger partial charge in [-0.2, -0.15) is 0 Å². The van der Waals surface area contributed by atoms with Crippen LogP contribution in [0, 0.1) is 0 Å². The number of carbonyl (C=O) groups excluding carboxylic acids is 2. The molecule has 150 valence electrons. The molecule has 0 saturated carbocycles. The van der Waals surface area contributed by atoms with E-state index in [1.165, 1.54) is 33.3 Å². The van der Waals surface area contributed by atoms with Gasteiger partial charge >= 0.3 is 5.97 Å². The van der Waals surface area contributed by atoms with Gasteiger partial charge in [-0.1, -0.05) is 23.7 Å². The number of nitrogens with one attached hydrogen (secondary N) is 1. The van der Waals surface area contributed by atoms with Crippen molar-refractivity contribution in [3.63, 3.8) is 0 Å². The molecule has 0 aliphatic rings. The van der Waals surface area contributed by atoms with Crippen molar-refractivity contribution in [2.24, 2.45) is 0 Å². The average Bonchev–Trinajstić information content (AvgIpc) is 2.71. The Bertz CT molecular complexity index is 993. The summed E-state index contributed by atoms with van der Waals surface area (Å²) in [4.78, 5) is 23.3. The van der Waals surface area contributed by atoms with Crippen LogP contribution >= 0.6 is 11.6 Å². The highest BCUT2D eigenvalue weighted by molar-refractivity contribution is 7.92. The molecular weight excluding hydrogens is 408 g/mol. The number of hydrogen-bond donors (Lipinski definition) is 1. The van der Waals surface area contributed by atoms with Crippen LogP contribution in [0.4, 0.5) is 5.69 Å². The van der Waals surface area contributed by atoms with Crippen molar-refractivity contribution in [3.8, 4) is 5.75 Å². The third-order valence-electron chi connectivity index (χ3n) is 3.85. The molecule has 0 bridgehead atoms. The molecule has 28 heavy (non-hydrogen) atoms. The van der Waals surface area contributed by atoms with Crippen molar-refractivity contribution < 1.29 is 27.5 Å². The van der Waals surface area contributed by atoms with Crippen LogP contribution in [-0.4, -0.2) is 48.1 Å². The number of nitrogens with zero attached hydrogens (tertiary/aromatic N) is 1. The summed E-state index contributed by atoms with van der Waals surface area (Å²) in [6, 6.07) is 10.3. The van der Waals surface area contributed by atoms with Crippen LogP contribution in [0.3, 0.4) is 0 Å². The molecule has 0 fully saturated rings. The van der Waals surface area contributed by atoms with Gasteiger partial charge in [-0.15, -0.1) is 0 Å². The lowest BCUT2D eigenvalue weighted by molar-refractivity contribution is -0.123. The van der Waals surface area contributed by atoms with Gasteiger partial charge in [0.1, 0.15) is 5.75 Å². The third-order valence-corrected chi connectivity index (χ3v) is 5.95. The molecule has 0 heterocycles. The van der Waals surface area contributed by atoms with E-state index in [1.54, 1.807) is 24.3 Å². The highest BCUT2D eigenvalue weighted by Crippen LogP contribution is 2.32. The molecule has 0 spiro atoms. The normalized spacial score (nSPS) is 10.9. The van der Waals surface area contributed by atoms with Crippen LogP contribution in [0.15, 0.2) is 47.4 Å². The molecule has 0 aromatic heterocycles. The number of para-hydroxylation sites is 2. The van der Waals surface area contributed by atoms with Gasteiger partial charge < -0.3 is 14.8 Å². The van der Waals surface area contributed by atoms with Crippen molar-refractivity contribution in [1.82, 2.24) is 5.32 Å². The number of halogens is 1. The quantitative estimate of drug-likeness (QED) is 0.680. The van der Waals surface area contributed by atoms with Gasteiger partial charge in [0.25, 0.3) is 15.9 Å². The summed E-state index contributed by atoms with van der Waals surface area (Å²) in [5.74, 6) is -1.05. The summed E-state index contributed by atoms with van der Waals surface area (Å²) < 4.78 is 37.1. The average molecular weight is 427 g/mol. The van der Waals surface area contributed by atoms with Gasteiger partial charge in [-0.05, 0) is 30.3 Å². The van der Waals surface area contributed by atoms with Crippen LogP contribution < -0.4 is 14.4 Å². The molecule has 2 aromatic rings. The molecule has 0 aliphatic carbocycles. The minimum absolute atomic E-state index is 0.000742. The zero-order valence-corrected chi connectivity index (χ0v) is 17.0. The number of esters is 1. The number of hydrogen-bond acceptors (Lipinski definition) is 6. The molecular formula is C18H19ClN2O6S. The number of amides is 1. The predicted molar refractivity (Wildman–Crippen MR) is 104 cm³/mol. The fourth-order valence-electron chi connectivity index (χ4n) is 2.28. The van der Waals surface area contributed by atoms with E-state index in [9.17, 15) is 18.0 Å². The largest absolute Gasteiger partial charge is 0.495 e. The molecule has 0 aliphatic heterocycles. The number of ether oxygens (including phenoxy) is 2. The molecule has 0 atom stereocenters. The fourth-order valence-corrected chi connectivity index (χ4v) is 3.71. The van der Waals surface area contributed by atoms with Crippen molar-refractivity contribution in [3.05, 3.63) is 53.1 Å². The number of rotatable bonds is 7. The summed E-state index contributed by atoms with van der Waals surface area (Å²) in [5, 5.41) is 2.30. The maximum absolute atomic E-state index is 13.0. The summed E-state index contributed by atoms with van der Waals surface area (Å²) in [7, 11) is 0.166. The molecule has 0 radical (unpaired) electrons. The second kappa shape index (κ2) is 8.94. The topological polar surface area (TPSA) is 102 Å². The maximum Gasteiger partial charge on any atom is 0.340 e. The molecule has 8 nitrogen and oxygen atoms in total. The third kappa shape index (κ3) is 4.55. The first kappa shape index (κ1) is 21.5. The number of carbonyl (C=O) groups is 2. The van der Waals surface area contributed by atoms with Gasteiger partial charge in [0, 0.05) is 14.1 Å². The van der Waals surface area contributed by atoms with Crippen LogP contribution in [0.1, 0.15) is 10.4 Å². The standard InChI is InChI=1S/C18H19ClN2O6S/c1-20-17(22)11-27-18(23)13-10-12(8-9-14(13)19)28(24,25)21(2)15-6-4-5-7-16(15)26-3/h4-10H,11H2,1-3H3,(H,20,22). The Morgan fingerprint density at radius 2 is 1.86 bits per heavy atom. The molecule has 1 N–H and O–H groups in total. The first-order chi connectivity index (χ1) is 13.2. The number of likely N-dealkylation sites (N-methyl/N-ethyl adjacent to an activating group) is 1. The first-order valence-electron chi connectivity index (χ1n) is 8.01. The SMILES string of the molecule is CNC(=O)COC(=O)c1cc(S(=O)(=O)N(C)c2ccccc2OC)ccc1Cl. The van der Waals surface area contributed by atoms with Crippen LogP contribution in [-0.2, 0) is 19.6 Å². The highest BCUT2D eigenvalue weighted by Gasteiger charge is 2.26. The second-order valence-electron chi connectivity index (χ2n) is 5.54. The fraction of sp³-hybridized carbons (Fsp3) is 0.222. The predicted octanol–water partition coefficient (Wildman–Crippen LogP) is 2.08. The first-order valence-corrected chi connectivity index (χ1v) is 9.83. The lowest BCUT2D eigenvalue weighted by Crippen LogP contribution is -2.27. The lowest BCUT2D eigenvalue weighted by Gasteiger charge is -2.22. The monoisotopic (exact) mass is 426 g/mol. The zero-order chi connectivity index (χ0) is 20.9. The number of sulfonamides is 1. The minimum Gasteiger partial charge on any atom is -0.495 e. The van der Waals surface area contributed by atoms with Gasteiger partial charge in [-0.3, -0.25) is 9.10 Å². The highest BCUT2D eigenvalue weighted by atomic mass is 35.5. The van der Waals surface area contributed by atoms with E-state index in [0.29, 0.717) is 11.4 Å². The van der Waals surface area contributed by atoms with E-state index in [1.807, 2.05) is 0 Å². The van der Waals surface area contributed by atoms with E-state index < -0.39 is 28.5 Å². The Labute approximate surface area is 168 Å². The molecule has 2 aromatic carbocycles. The van der Waals surface area contributed by atoms with E-state index in [-0.39, 0.29) is 15.5 Å². The van der Waals surface area contributed by atoms with Crippen LogP contribution in [0.2, 0.25) is 5.02 Å². The van der Waals surface area contributed by atoms with Gasteiger partial charge in [0.05, 0.1) is 28.3 Å². The van der Waals surface area contributed by atoms with E-state index in [4.69, 9.17) is 21.1 Å². The Morgan fingerprint density at radius 1 is 1.18 bits per heavy atom. The molecule has 1 amide bonds. The molecule has 0 unspecified atom stereocenters. The second-order valence-corrected chi connectivity index (χ2v) is 7.91. The molecule has 10 heteroatoms. The lowest BCUT2D eigenvalue weighted by atomic mass is 10.2. The zero-order valence-electron chi connectivity index (χ0n) is 15.4. The van der Waals surface area contributed by atoms with Crippen molar-refractivity contribution in [2.45, 2.75) is 4.90 Å². The molecule has 0 saturated heterocycles. The Morgan fingerprint density at radius 3 is 2.50 bits per heavy atom.